The summed E-state index contributed by atoms with van der Waals surface area (Å²) in [5.41, 5.74) is 1.98. The molecule has 0 aliphatic heterocycles. The molecule has 7 heteroatoms. The second-order valence-electron chi connectivity index (χ2n) is 6.20. The van der Waals surface area contributed by atoms with Crippen LogP contribution in [0.1, 0.15) is 18.1 Å². The van der Waals surface area contributed by atoms with E-state index in [-0.39, 0.29) is 16.7 Å². The first-order valence-corrected chi connectivity index (χ1v) is 9.97. The minimum Gasteiger partial charge on any atom is -0.495 e. The van der Waals surface area contributed by atoms with E-state index >= 15 is 0 Å². The molecule has 0 aliphatic rings. The first kappa shape index (κ1) is 20.2. The first-order valence-electron chi connectivity index (χ1n) is 8.43. The maximum Gasteiger partial charge on any atom is 0.241 e. The maximum absolute atomic E-state index is 11.7. The van der Waals surface area contributed by atoms with Crippen LogP contribution in [0, 0.1) is 6.92 Å². The second-order valence-corrected chi connectivity index (χ2v) is 7.73. The zero-order valence-electron chi connectivity index (χ0n) is 15.4. The zero-order chi connectivity index (χ0) is 19.2. The first-order chi connectivity index (χ1) is 12.3. The summed E-state index contributed by atoms with van der Waals surface area (Å²) >= 11 is 0. The van der Waals surface area contributed by atoms with E-state index in [0.717, 1.165) is 16.9 Å². The van der Waals surface area contributed by atoms with Gasteiger partial charge in [0.25, 0.3) is 0 Å². The number of rotatable bonds is 9. The smallest absolute Gasteiger partial charge is 0.241 e. The van der Waals surface area contributed by atoms with Gasteiger partial charge >= 0.3 is 0 Å². The van der Waals surface area contributed by atoms with E-state index in [9.17, 15) is 8.42 Å². The molecule has 2 aromatic carbocycles. The lowest BCUT2D eigenvalue weighted by Gasteiger charge is -2.16. The van der Waals surface area contributed by atoms with Crippen molar-refractivity contribution in [2.45, 2.75) is 31.2 Å². The quantitative estimate of drug-likeness (QED) is 0.653. The summed E-state index contributed by atoms with van der Waals surface area (Å²) in [6, 6.07) is 13.1. The van der Waals surface area contributed by atoms with Crippen LogP contribution in [0.2, 0.25) is 0 Å². The van der Waals surface area contributed by atoms with Crippen LogP contribution < -0.4 is 19.9 Å². The number of nitrogens with one attached hydrogen (secondary N) is 1. The molecule has 1 unspecified atom stereocenters. The van der Waals surface area contributed by atoms with Crippen LogP contribution in [0.5, 0.6) is 11.5 Å². The van der Waals surface area contributed by atoms with Gasteiger partial charge in [0.15, 0.2) is 0 Å². The Morgan fingerprint density at radius 1 is 1.15 bits per heavy atom. The average molecular weight is 378 g/mol. The maximum atomic E-state index is 11.7. The van der Waals surface area contributed by atoms with Crippen molar-refractivity contribution in [3.05, 3.63) is 53.6 Å². The Morgan fingerprint density at radius 2 is 1.88 bits per heavy atom. The second kappa shape index (κ2) is 9.02. The summed E-state index contributed by atoms with van der Waals surface area (Å²) in [5.74, 6) is 1.14. The molecule has 0 fully saturated rings. The molecule has 2 aromatic rings. The standard InChI is InChI=1S/C19H26N2O4S/c1-14-6-4-5-7-17(14)25-11-10-21-15(2)12-16-8-9-18(24-3)19(13-16)26(20,22)23/h4-9,13,15,21H,10-12H2,1-3H3,(H2,20,22,23). The Morgan fingerprint density at radius 3 is 2.54 bits per heavy atom. The van der Waals surface area contributed by atoms with E-state index in [1.165, 1.54) is 7.11 Å². The molecule has 0 saturated carbocycles. The third-order valence-corrected chi connectivity index (χ3v) is 4.95. The molecule has 0 amide bonds. The third kappa shape index (κ3) is 5.72. The summed E-state index contributed by atoms with van der Waals surface area (Å²) in [6.45, 7) is 5.29. The number of benzene rings is 2. The van der Waals surface area contributed by atoms with E-state index in [0.29, 0.717) is 19.6 Å². The number of primary sulfonamides is 1. The summed E-state index contributed by atoms with van der Waals surface area (Å²) in [7, 11) is -2.41. The highest BCUT2D eigenvalue weighted by atomic mass is 32.2. The highest BCUT2D eigenvalue weighted by Gasteiger charge is 2.16. The molecule has 0 saturated heterocycles. The van der Waals surface area contributed by atoms with Crippen molar-refractivity contribution < 1.29 is 17.9 Å². The molecule has 0 spiro atoms. The van der Waals surface area contributed by atoms with Crippen molar-refractivity contribution >= 4 is 10.0 Å². The molecule has 3 N–H and O–H groups in total. The Bertz CT molecular complexity index is 837. The Kier molecular flexibility index (Phi) is 7.02. The topological polar surface area (TPSA) is 90.7 Å². The lowest BCUT2D eigenvalue weighted by Crippen LogP contribution is -2.32. The normalized spacial score (nSPS) is 12.6. The molecule has 142 valence electrons. The fourth-order valence-electron chi connectivity index (χ4n) is 2.68. The molecule has 0 radical (unpaired) electrons. The number of para-hydroxylation sites is 1. The van der Waals surface area contributed by atoms with Crippen LogP contribution in [-0.2, 0) is 16.4 Å². The van der Waals surface area contributed by atoms with Crippen molar-refractivity contribution in [1.82, 2.24) is 5.32 Å². The molecule has 0 aliphatic carbocycles. The Labute approximate surface area is 155 Å². The zero-order valence-corrected chi connectivity index (χ0v) is 16.2. The number of methoxy groups -OCH3 is 1. The minimum absolute atomic E-state index is 0.00702. The lowest BCUT2D eigenvalue weighted by molar-refractivity contribution is 0.305. The van der Waals surface area contributed by atoms with Gasteiger partial charge in [-0.3, -0.25) is 0 Å². The van der Waals surface area contributed by atoms with Gasteiger partial charge in [-0.25, -0.2) is 13.6 Å². The van der Waals surface area contributed by atoms with E-state index < -0.39 is 10.0 Å². The molecule has 0 aromatic heterocycles. The van der Waals surface area contributed by atoms with Gasteiger partial charge in [-0.15, -0.1) is 0 Å². The predicted octanol–water partition coefficient (Wildman–Crippen LogP) is 2.25. The SMILES string of the molecule is COc1ccc(CC(C)NCCOc2ccccc2C)cc1S(N)(=O)=O. The monoisotopic (exact) mass is 378 g/mol. The highest BCUT2D eigenvalue weighted by Crippen LogP contribution is 2.24. The van der Waals surface area contributed by atoms with Crippen molar-refractivity contribution in [3.63, 3.8) is 0 Å². The van der Waals surface area contributed by atoms with E-state index in [2.05, 4.69) is 5.32 Å². The lowest BCUT2D eigenvalue weighted by atomic mass is 10.1. The van der Waals surface area contributed by atoms with Crippen LogP contribution in [0.15, 0.2) is 47.4 Å². The molecule has 6 nitrogen and oxygen atoms in total. The van der Waals surface area contributed by atoms with Crippen molar-refractivity contribution in [2.75, 3.05) is 20.3 Å². The van der Waals surface area contributed by atoms with Crippen LogP contribution >= 0.6 is 0 Å². The number of ether oxygens (including phenoxy) is 2. The van der Waals surface area contributed by atoms with Crippen molar-refractivity contribution in [1.29, 1.82) is 0 Å². The third-order valence-electron chi connectivity index (χ3n) is 4.02. The number of hydrogen-bond donors (Lipinski definition) is 2. The molecule has 0 heterocycles. The molecule has 0 bridgehead atoms. The number of hydrogen-bond acceptors (Lipinski definition) is 5. The Balaban J connectivity index is 1.88. The number of aryl methyl sites for hydroxylation is 1. The number of sulfonamides is 1. The van der Waals surface area contributed by atoms with Gasteiger partial charge in [-0.05, 0) is 49.6 Å². The summed E-state index contributed by atoms with van der Waals surface area (Å²) in [5, 5.41) is 8.63. The fraction of sp³-hybridized carbons (Fsp3) is 0.368. The molecular weight excluding hydrogens is 352 g/mol. The highest BCUT2D eigenvalue weighted by molar-refractivity contribution is 7.89. The van der Waals surface area contributed by atoms with Gasteiger partial charge in [-0.1, -0.05) is 24.3 Å². The fourth-order valence-corrected chi connectivity index (χ4v) is 3.43. The van der Waals surface area contributed by atoms with Crippen molar-refractivity contribution in [2.24, 2.45) is 5.14 Å². The Hall–Kier alpha value is -2.09. The molecular formula is C19H26N2O4S. The molecule has 2 rings (SSSR count). The van der Waals surface area contributed by atoms with Gasteiger partial charge in [0, 0.05) is 12.6 Å². The van der Waals surface area contributed by atoms with Gasteiger partial charge < -0.3 is 14.8 Å². The van der Waals surface area contributed by atoms with Crippen molar-refractivity contribution in [3.8, 4) is 11.5 Å². The summed E-state index contributed by atoms with van der Waals surface area (Å²) in [6.07, 6.45) is 0.664. The summed E-state index contributed by atoms with van der Waals surface area (Å²) in [4.78, 5) is 0.00702. The van der Waals surface area contributed by atoms with Gasteiger partial charge in [0.2, 0.25) is 10.0 Å². The van der Waals surface area contributed by atoms with Gasteiger partial charge in [-0.2, -0.15) is 0 Å². The largest absolute Gasteiger partial charge is 0.495 e. The molecule has 26 heavy (non-hydrogen) atoms. The predicted molar refractivity (Wildman–Crippen MR) is 102 cm³/mol. The van der Waals surface area contributed by atoms with Crippen LogP contribution in [0.3, 0.4) is 0 Å². The minimum atomic E-state index is -3.82. The van der Waals surface area contributed by atoms with E-state index in [4.69, 9.17) is 14.6 Å². The molecule has 1 atom stereocenters. The van der Waals surface area contributed by atoms with Gasteiger partial charge in [0.1, 0.15) is 23.0 Å². The number of nitrogens with two attached hydrogens (primary N) is 1. The van der Waals surface area contributed by atoms with E-state index in [1.807, 2.05) is 44.2 Å². The van der Waals surface area contributed by atoms with Crippen LogP contribution in [0.25, 0.3) is 0 Å². The summed E-state index contributed by atoms with van der Waals surface area (Å²) < 4.78 is 34.2. The van der Waals surface area contributed by atoms with Gasteiger partial charge in [0.05, 0.1) is 7.11 Å². The van der Waals surface area contributed by atoms with Crippen LogP contribution in [0.4, 0.5) is 0 Å². The van der Waals surface area contributed by atoms with Crippen LogP contribution in [-0.4, -0.2) is 34.7 Å². The average Bonchev–Trinajstić information content (AvgIpc) is 2.59. The van der Waals surface area contributed by atoms with E-state index in [1.54, 1.807) is 12.1 Å².